The molecule has 0 aliphatic rings. The third-order valence-corrected chi connectivity index (χ3v) is 1.50. The van der Waals surface area contributed by atoms with Crippen molar-refractivity contribution in [3.8, 4) is 0 Å². The van der Waals surface area contributed by atoms with E-state index < -0.39 is 0 Å². The third kappa shape index (κ3) is 1.57. The van der Waals surface area contributed by atoms with E-state index in [1.807, 2.05) is 24.0 Å². The number of rotatable bonds is 3. The summed E-state index contributed by atoms with van der Waals surface area (Å²) in [4.78, 5) is 0. The van der Waals surface area contributed by atoms with Crippen LogP contribution in [0.2, 0.25) is 0 Å². The van der Waals surface area contributed by atoms with Crippen LogP contribution in [0.25, 0.3) is 0 Å². The number of likely N-dealkylation sites (N-methyl/N-ethyl adjacent to an activating group) is 1. The summed E-state index contributed by atoms with van der Waals surface area (Å²) in [7, 11) is 1.94. The summed E-state index contributed by atoms with van der Waals surface area (Å²) in [5.74, 6) is 0. The highest BCUT2D eigenvalue weighted by atomic mass is 15.3. The molecule has 3 nitrogen and oxygen atoms in total. The Morgan fingerprint density at radius 1 is 1.70 bits per heavy atom. The molecule has 0 unspecified atom stereocenters. The molecule has 0 amide bonds. The van der Waals surface area contributed by atoms with Gasteiger partial charge in [-0.05, 0) is 20.0 Å². The molecule has 0 aromatic carbocycles. The van der Waals surface area contributed by atoms with Crippen molar-refractivity contribution in [1.29, 1.82) is 0 Å². The number of nitrogens with one attached hydrogen (secondary N) is 1. The second kappa shape index (κ2) is 3.37. The average Bonchev–Trinajstić information content (AvgIpc) is 2.31. The van der Waals surface area contributed by atoms with Gasteiger partial charge in [0.15, 0.2) is 0 Å². The van der Waals surface area contributed by atoms with Gasteiger partial charge in [-0.2, -0.15) is 5.10 Å². The van der Waals surface area contributed by atoms with Crippen molar-refractivity contribution in [2.24, 2.45) is 0 Å². The summed E-state index contributed by atoms with van der Waals surface area (Å²) >= 11 is 0. The van der Waals surface area contributed by atoms with Gasteiger partial charge in [0.1, 0.15) is 0 Å². The van der Waals surface area contributed by atoms with Crippen LogP contribution < -0.4 is 5.32 Å². The molecular weight excluding hydrogens is 126 g/mol. The monoisotopic (exact) mass is 139 g/mol. The van der Waals surface area contributed by atoms with Gasteiger partial charge in [-0.15, -0.1) is 0 Å². The quantitative estimate of drug-likeness (QED) is 0.657. The van der Waals surface area contributed by atoms with Crippen LogP contribution in [-0.2, 0) is 6.54 Å². The molecule has 0 saturated carbocycles. The van der Waals surface area contributed by atoms with Crippen molar-refractivity contribution in [1.82, 2.24) is 15.1 Å². The van der Waals surface area contributed by atoms with E-state index in [0.717, 1.165) is 13.1 Å². The maximum Gasteiger partial charge on any atom is 0.0536 e. The van der Waals surface area contributed by atoms with Crippen LogP contribution in [0.5, 0.6) is 0 Å². The van der Waals surface area contributed by atoms with Crippen molar-refractivity contribution in [3.05, 3.63) is 18.0 Å². The fourth-order valence-electron chi connectivity index (χ4n) is 0.851. The minimum atomic E-state index is 0.954. The van der Waals surface area contributed by atoms with Crippen LogP contribution in [0, 0.1) is 6.92 Å². The Balaban J connectivity index is 2.49. The zero-order valence-electron chi connectivity index (χ0n) is 6.46. The average molecular weight is 139 g/mol. The van der Waals surface area contributed by atoms with Gasteiger partial charge < -0.3 is 5.32 Å². The van der Waals surface area contributed by atoms with Crippen LogP contribution in [0.15, 0.2) is 12.3 Å². The van der Waals surface area contributed by atoms with E-state index in [1.54, 1.807) is 0 Å². The lowest BCUT2D eigenvalue weighted by Gasteiger charge is -2.01. The van der Waals surface area contributed by atoms with Gasteiger partial charge in [0.2, 0.25) is 0 Å². The first kappa shape index (κ1) is 7.28. The SMILES string of the molecule is CNCCn1nccc1C. The Bertz CT molecular complexity index is 192. The third-order valence-electron chi connectivity index (χ3n) is 1.50. The van der Waals surface area contributed by atoms with Crippen LogP contribution in [0.3, 0.4) is 0 Å². The summed E-state index contributed by atoms with van der Waals surface area (Å²) in [5.41, 5.74) is 1.22. The first-order valence-electron chi connectivity index (χ1n) is 3.47. The zero-order valence-corrected chi connectivity index (χ0v) is 6.46. The maximum atomic E-state index is 4.13. The fraction of sp³-hybridized carbons (Fsp3) is 0.571. The maximum absolute atomic E-state index is 4.13. The van der Waals surface area contributed by atoms with E-state index in [4.69, 9.17) is 0 Å². The van der Waals surface area contributed by atoms with Gasteiger partial charge >= 0.3 is 0 Å². The second-order valence-electron chi connectivity index (χ2n) is 2.30. The second-order valence-corrected chi connectivity index (χ2v) is 2.30. The highest BCUT2D eigenvalue weighted by Gasteiger charge is 1.92. The number of hydrogen-bond acceptors (Lipinski definition) is 2. The molecule has 1 heterocycles. The van der Waals surface area contributed by atoms with Gasteiger partial charge in [0, 0.05) is 18.4 Å². The normalized spacial score (nSPS) is 10.2. The molecule has 1 N–H and O–H groups in total. The molecule has 0 radical (unpaired) electrons. The highest BCUT2D eigenvalue weighted by molar-refractivity contribution is 4.96. The van der Waals surface area contributed by atoms with Gasteiger partial charge in [0.25, 0.3) is 0 Å². The first-order chi connectivity index (χ1) is 4.84. The predicted molar refractivity (Wildman–Crippen MR) is 40.9 cm³/mol. The molecule has 0 saturated heterocycles. The molecule has 0 bridgehead atoms. The number of hydrogen-bond donors (Lipinski definition) is 1. The number of nitrogens with zero attached hydrogens (tertiary/aromatic N) is 2. The smallest absolute Gasteiger partial charge is 0.0536 e. The first-order valence-corrected chi connectivity index (χ1v) is 3.47. The summed E-state index contributed by atoms with van der Waals surface area (Å²) in [6, 6.07) is 2.01. The molecule has 0 atom stereocenters. The Labute approximate surface area is 61.0 Å². The minimum absolute atomic E-state index is 0.954. The van der Waals surface area contributed by atoms with Crippen LogP contribution in [0.1, 0.15) is 5.69 Å². The molecule has 0 aliphatic heterocycles. The van der Waals surface area contributed by atoms with E-state index in [0.29, 0.717) is 0 Å². The molecule has 3 heteroatoms. The summed E-state index contributed by atoms with van der Waals surface area (Å²) in [5, 5.41) is 7.20. The van der Waals surface area contributed by atoms with Crippen LogP contribution in [-0.4, -0.2) is 23.4 Å². The van der Waals surface area contributed by atoms with Crippen molar-refractivity contribution in [2.45, 2.75) is 13.5 Å². The lowest BCUT2D eigenvalue weighted by atomic mass is 10.5. The predicted octanol–water partition coefficient (Wildman–Crippen LogP) is 0.411. The van der Waals surface area contributed by atoms with Gasteiger partial charge in [0.05, 0.1) is 6.54 Å². The van der Waals surface area contributed by atoms with E-state index >= 15 is 0 Å². The molecule has 1 aromatic rings. The summed E-state index contributed by atoms with van der Waals surface area (Å²) < 4.78 is 1.98. The number of aryl methyl sites for hydroxylation is 1. The van der Waals surface area contributed by atoms with Gasteiger partial charge in [-0.3, -0.25) is 4.68 Å². The van der Waals surface area contributed by atoms with E-state index in [9.17, 15) is 0 Å². The van der Waals surface area contributed by atoms with E-state index in [-0.39, 0.29) is 0 Å². The van der Waals surface area contributed by atoms with Gasteiger partial charge in [-0.25, -0.2) is 0 Å². The molecule has 10 heavy (non-hydrogen) atoms. The Kier molecular flexibility index (Phi) is 2.45. The molecule has 0 fully saturated rings. The van der Waals surface area contributed by atoms with Crippen molar-refractivity contribution in [2.75, 3.05) is 13.6 Å². The molecule has 1 rings (SSSR count). The van der Waals surface area contributed by atoms with Crippen molar-refractivity contribution < 1.29 is 0 Å². The van der Waals surface area contributed by atoms with Crippen LogP contribution >= 0.6 is 0 Å². The molecular formula is C7H13N3. The summed E-state index contributed by atoms with van der Waals surface area (Å²) in [6.07, 6.45) is 1.82. The van der Waals surface area contributed by atoms with Crippen molar-refractivity contribution >= 4 is 0 Å². The Hall–Kier alpha value is -0.830. The largest absolute Gasteiger partial charge is 0.318 e. The molecule has 0 spiro atoms. The van der Waals surface area contributed by atoms with E-state index in [2.05, 4.69) is 17.3 Å². The summed E-state index contributed by atoms with van der Waals surface area (Å²) in [6.45, 7) is 3.99. The standard InChI is InChI=1S/C7H13N3/c1-7-3-4-9-10(7)6-5-8-2/h3-4,8H,5-6H2,1-2H3. The Morgan fingerprint density at radius 3 is 3.00 bits per heavy atom. The molecule has 1 aromatic heterocycles. The lowest BCUT2D eigenvalue weighted by molar-refractivity contribution is 0.572. The zero-order chi connectivity index (χ0) is 7.40. The molecule has 0 aliphatic carbocycles. The topological polar surface area (TPSA) is 29.9 Å². The van der Waals surface area contributed by atoms with Crippen LogP contribution in [0.4, 0.5) is 0 Å². The highest BCUT2D eigenvalue weighted by Crippen LogP contribution is 1.93. The minimum Gasteiger partial charge on any atom is -0.318 e. The lowest BCUT2D eigenvalue weighted by Crippen LogP contribution is -2.16. The Morgan fingerprint density at radius 2 is 2.50 bits per heavy atom. The van der Waals surface area contributed by atoms with Gasteiger partial charge in [-0.1, -0.05) is 0 Å². The number of aromatic nitrogens is 2. The van der Waals surface area contributed by atoms with Crippen molar-refractivity contribution in [3.63, 3.8) is 0 Å². The fourth-order valence-corrected chi connectivity index (χ4v) is 0.851. The molecule has 56 valence electrons. The van der Waals surface area contributed by atoms with E-state index in [1.165, 1.54) is 5.69 Å².